The SMILES string of the molecule is NC1=N[C@]2(CCc3c(-c4cncnc4)cccc3C2(F)F)CO1. The van der Waals surface area contributed by atoms with Crippen molar-refractivity contribution < 1.29 is 13.5 Å². The van der Waals surface area contributed by atoms with Crippen LogP contribution in [0.4, 0.5) is 8.78 Å². The van der Waals surface area contributed by atoms with Crippen LogP contribution in [0.25, 0.3) is 11.1 Å². The van der Waals surface area contributed by atoms with E-state index in [4.69, 9.17) is 10.5 Å². The predicted molar refractivity (Wildman–Crippen MR) is 80.0 cm³/mol. The van der Waals surface area contributed by atoms with Gasteiger partial charge in [0.2, 0.25) is 0 Å². The van der Waals surface area contributed by atoms with E-state index in [1.165, 1.54) is 12.4 Å². The molecule has 1 aliphatic carbocycles. The second kappa shape index (κ2) is 4.71. The second-order valence-electron chi connectivity index (χ2n) is 5.80. The Kier molecular flexibility index (Phi) is 2.88. The number of hydrogen-bond donors (Lipinski definition) is 1. The zero-order chi connectivity index (χ0) is 16.1. The lowest BCUT2D eigenvalue weighted by atomic mass is 9.74. The van der Waals surface area contributed by atoms with Crippen LogP contribution in [0.2, 0.25) is 0 Å². The number of rotatable bonds is 1. The normalized spacial score (nSPS) is 24.9. The van der Waals surface area contributed by atoms with E-state index in [0.717, 1.165) is 11.1 Å². The first-order valence-electron chi connectivity index (χ1n) is 7.27. The Labute approximate surface area is 131 Å². The number of halogens is 2. The van der Waals surface area contributed by atoms with Gasteiger partial charge in [-0.3, -0.25) is 0 Å². The van der Waals surface area contributed by atoms with Crippen LogP contribution in [-0.4, -0.2) is 28.1 Å². The Hall–Kier alpha value is -2.57. The lowest BCUT2D eigenvalue weighted by Gasteiger charge is -2.39. The Morgan fingerprint density at radius 2 is 1.96 bits per heavy atom. The first-order valence-corrected chi connectivity index (χ1v) is 7.27. The Bertz CT molecular complexity index is 794. The Morgan fingerprint density at radius 1 is 1.17 bits per heavy atom. The minimum Gasteiger partial charge on any atom is -0.463 e. The molecule has 0 bridgehead atoms. The minimum atomic E-state index is -3.15. The maximum Gasteiger partial charge on any atom is 0.301 e. The van der Waals surface area contributed by atoms with Crippen LogP contribution < -0.4 is 5.73 Å². The van der Waals surface area contributed by atoms with Gasteiger partial charge in [-0.05, 0) is 24.0 Å². The fourth-order valence-corrected chi connectivity index (χ4v) is 3.36. The van der Waals surface area contributed by atoms with E-state index in [-0.39, 0.29) is 24.6 Å². The lowest BCUT2D eigenvalue weighted by molar-refractivity contribution is -0.0973. The molecule has 2 aromatic rings. The van der Waals surface area contributed by atoms with Gasteiger partial charge in [0.1, 0.15) is 12.9 Å². The number of hydrogen-bond acceptors (Lipinski definition) is 5. The van der Waals surface area contributed by atoms with Crippen molar-refractivity contribution in [3.8, 4) is 11.1 Å². The lowest BCUT2D eigenvalue weighted by Crippen LogP contribution is -2.49. The summed E-state index contributed by atoms with van der Waals surface area (Å²) in [6.07, 6.45) is 5.31. The van der Waals surface area contributed by atoms with Gasteiger partial charge in [-0.2, -0.15) is 8.78 Å². The number of aliphatic imine (C=N–C) groups is 1. The van der Waals surface area contributed by atoms with Gasteiger partial charge in [-0.25, -0.2) is 15.0 Å². The highest BCUT2D eigenvalue weighted by atomic mass is 19.3. The number of amidine groups is 1. The van der Waals surface area contributed by atoms with Crippen LogP contribution in [0, 0.1) is 0 Å². The summed E-state index contributed by atoms with van der Waals surface area (Å²) in [7, 11) is 0. The highest BCUT2D eigenvalue weighted by Crippen LogP contribution is 2.52. The minimum absolute atomic E-state index is 0.0212. The topological polar surface area (TPSA) is 73.4 Å². The molecule has 2 N–H and O–H groups in total. The van der Waals surface area contributed by atoms with E-state index in [2.05, 4.69) is 15.0 Å². The van der Waals surface area contributed by atoms with Crippen molar-refractivity contribution in [1.82, 2.24) is 9.97 Å². The molecule has 0 saturated heterocycles. The van der Waals surface area contributed by atoms with Gasteiger partial charge >= 0.3 is 5.92 Å². The van der Waals surface area contributed by atoms with Crippen molar-refractivity contribution in [1.29, 1.82) is 0 Å². The number of nitrogens with two attached hydrogens (primary N) is 1. The summed E-state index contributed by atoms with van der Waals surface area (Å²) in [6.45, 7) is -0.191. The molecule has 0 amide bonds. The third-order valence-electron chi connectivity index (χ3n) is 4.54. The molecule has 4 rings (SSSR count). The largest absolute Gasteiger partial charge is 0.463 e. The van der Waals surface area contributed by atoms with Gasteiger partial charge in [0.25, 0.3) is 6.02 Å². The van der Waals surface area contributed by atoms with Crippen LogP contribution in [0.15, 0.2) is 41.9 Å². The molecule has 118 valence electrons. The van der Waals surface area contributed by atoms with E-state index in [1.54, 1.807) is 18.5 Å². The highest BCUT2D eigenvalue weighted by Gasteiger charge is 2.61. The van der Waals surface area contributed by atoms with Crippen molar-refractivity contribution >= 4 is 6.02 Å². The van der Waals surface area contributed by atoms with Gasteiger partial charge in [0.15, 0.2) is 5.54 Å². The maximum absolute atomic E-state index is 15.2. The summed E-state index contributed by atoms with van der Waals surface area (Å²) in [5.41, 5.74) is 5.92. The van der Waals surface area contributed by atoms with E-state index in [0.29, 0.717) is 12.0 Å². The van der Waals surface area contributed by atoms with Crippen molar-refractivity contribution in [2.24, 2.45) is 10.7 Å². The molecule has 23 heavy (non-hydrogen) atoms. The average molecular weight is 316 g/mol. The van der Waals surface area contributed by atoms with E-state index in [9.17, 15) is 0 Å². The van der Waals surface area contributed by atoms with Gasteiger partial charge in [0, 0.05) is 23.5 Å². The standard InChI is InChI=1S/C16H14F2N4O/c17-16(18)13-3-1-2-11(10-6-20-9-21-7-10)12(13)4-5-15(16)8-23-14(19)22-15/h1-3,6-7,9H,4-5,8H2,(H2,19,22)/t15-/m1/s1. The van der Waals surface area contributed by atoms with Crippen molar-refractivity contribution in [3.63, 3.8) is 0 Å². The zero-order valence-corrected chi connectivity index (χ0v) is 12.2. The summed E-state index contributed by atoms with van der Waals surface area (Å²) in [6, 6.07) is 4.72. The molecule has 2 aliphatic rings. The smallest absolute Gasteiger partial charge is 0.301 e. The van der Waals surface area contributed by atoms with Gasteiger partial charge < -0.3 is 10.5 Å². The molecular formula is C16H14F2N4O. The molecule has 1 aliphatic heterocycles. The molecular weight excluding hydrogens is 302 g/mol. The predicted octanol–water partition coefficient (Wildman–Crippen LogP) is 2.27. The third kappa shape index (κ3) is 1.92. The van der Waals surface area contributed by atoms with E-state index >= 15 is 8.78 Å². The molecule has 2 heterocycles. The molecule has 1 spiro atoms. The van der Waals surface area contributed by atoms with Crippen LogP contribution in [0.1, 0.15) is 17.5 Å². The number of benzene rings is 1. The van der Waals surface area contributed by atoms with Crippen LogP contribution in [-0.2, 0) is 17.1 Å². The summed E-state index contributed by atoms with van der Waals surface area (Å²) in [4.78, 5) is 11.9. The van der Waals surface area contributed by atoms with Crippen LogP contribution in [0.5, 0.6) is 0 Å². The average Bonchev–Trinajstić information content (AvgIpc) is 2.95. The monoisotopic (exact) mass is 316 g/mol. The first kappa shape index (κ1) is 14.0. The van der Waals surface area contributed by atoms with E-state index in [1.807, 2.05) is 6.07 Å². The van der Waals surface area contributed by atoms with Gasteiger partial charge in [0.05, 0.1) is 0 Å². The highest BCUT2D eigenvalue weighted by molar-refractivity contribution is 5.75. The fraction of sp³-hybridized carbons (Fsp3) is 0.312. The first-order chi connectivity index (χ1) is 11.0. The summed E-state index contributed by atoms with van der Waals surface area (Å²) in [5, 5.41) is 0. The van der Waals surface area contributed by atoms with Crippen molar-refractivity contribution in [2.45, 2.75) is 24.3 Å². The number of ether oxygens (including phenoxy) is 1. The number of aromatic nitrogens is 2. The zero-order valence-electron chi connectivity index (χ0n) is 12.2. The fourth-order valence-electron chi connectivity index (χ4n) is 3.36. The van der Waals surface area contributed by atoms with Crippen molar-refractivity contribution in [2.75, 3.05) is 6.61 Å². The molecule has 1 aromatic carbocycles. The quantitative estimate of drug-likeness (QED) is 0.876. The van der Waals surface area contributed by atoms with Crippen molar-refractivity contribution in [3.05, 3.63) is 48.0 Å². The molecule has 1 aromatic heterocycles. The molecule has 1 atom stereocenters. The second-order valence-corrected chi connectivity index (χ2v) is 5.80. The Morgan fingerprint density at radius 3 is 2.65 bits per heavy atom. The Balaban J connectivity index is 1.88. The molecule has 7 heteroatoms. The molecule has 0 saturated carbocycles. The molecule has 0 radical (unpaired) electrons. The summed E-state index contributed by atoms with van der Waals surface area (Å²) >= 11 is 0. The molecule has 5 nitrogen and oxygen atoms in total. The van der Waals surface area contributed by atoms with Crippen LogP contribution >= 0.6 is 0 Å². The maximum atomic E-state index is 15.2. The van der Waals surface area contributed by atoms with Crippen LogP contribution in [0.3, 0.4) is 0 Å². The molecule has 0 unspecified atom stereocenters. The third-order valence-corrected chi connectivity index (χ3v) is 4.54. The summed E-state index contributed by atoms with van der Waals surface area (Å²) < 4.78 is 35.3. The molecule has 0 fully saturated rings. The number of nitrogens with zero attached hydrogens (tertiary/aromatic N) is 3. The number of fused-ring (bicyclic) bond motifs is 1. The van der Waals surface area contributed by atoms with E-state index < -0.39 is 11.5 Å². The van der Waals surface area contributed by atoms with Gasteiger partial charge in [-0.15, -0.1) is 0 Å². The van der Waals surface area contributed by atoms with Gasteiger partial charge in [-0.1, -0.05) is 18.2 Å². The number of alkyl halides is 2. The summed E-state index contributed by atoms with van der Waals surface area (Å²) in [5.74, 6) is -3.15.